The standard InChI is InChI=1S/C17H15Br/c1-11-3-5-13(6-4-11)17-15-10-12(2)9-14(15)7-8-16(17)18/h3-9H,10H2,1-2H3. The smallest absolute Gasteiger partial charge is 0.0257 e. The maximum atomic E-state index is 3.70. The predicted molar refractivity (Wildman–Crippen MR) is 81.7 cm³/mol. The fraction of sp³-hybridized carbons (Fsp3) is 0.176. The minimum atomic E-state index is 1.07. The van der Waals surface area contributed by atoms with Gasteiger partial charge in [0, 0.05) is 4.47 Å². The van der Waals surface area contributed by atoms with Gasteiger partial charge in [-0.05, 0) is 48.6 Å². The Morgan fingerprint density at radius 3 is 2.39 bits per heavy atom. The van der Waals surface area contributed by atoms with Gasteiger partial charge < -0.3 is 0 Å². The second-order valence-electron chi connectivity index (χ2n) is 5.02. The molecule has 0 bridgehead atoms. The molecule has 2 aromatic carbocycles. The minimum Gasteiger partial charge on any atom is -0.0683 e. The van der Waals surface area contributed by atoms with Crippen LogP contribution in [0.25, 0.3) is 17.2 Å². The van der Waals surface area contributed by atoms with Crippen LogP contribution in [0.5, 0.6) is 0 Å². The van der Waals surface area contributed by atoms with Crippen LogP contribution in [-0.4, -0.2) is 0 Å². The molecule has 18 heavy (non-hydrogen) atoms. The molecule has 0 radical (unpaired) electrons. The average Bonchev–Trinajstić information content (AvgIpc) is 2.71. The van der Waals surface area contributed by atoms with Crippen molar-refractivity contribution in [3.63, 3.8) is 0 Å². The van der Waals surface area contributed by atoms with E-state index in [0.717, 1.165) is 6.42 Å². The first kappa shape index (κ1) is 11.7. The highest BCUT2D eigenvalue weighted by Crippen LogP contribution is 2.38. The Labute approximate surface area is 116 Å². The molecule has 0 spiro atoms. The van der Waals surface area contributed by atoms with Crippen molar-refractivity contribution in [2.24, 2.45) is 0 Å². The fourth-order valence-electron chi connectivity index (χ4n) is 2.59. The third-order valence-corrected chi connectivity index (χ3v) is 4.16. The zero-order valence-electron chi connectivity index (χ0n) is 10.6. The van der Waals surface area contributed by atoms with Gasteiger partial charge in [0.2, 0.25) is 0 Å². The maximum Gasteiger partial charge on any atom is 0.0257 e. The number of halogens is 1. The zero-order chi connectivity index (χ0) is 12.7. The van der Waals surface area contributed by atoms with Crippen molar-refractivity contribution in [1.82, 2.24) is 0 Å². The Morgan fingerprint density at radius 2 is 1.67 bits per heavy atom. The van der Waals surface area contributed by atoms with Crippen LogP contribution in [0.3, 0.4) is 0 Å². The second kappa shape index (κ2) is 4.40. The first-order chi connectivity index (χ1) is 8.65. The van der Waals surface area contributed by atoms with Crippen molar-refractivity contribution in [1.29, 1.82) is 0 Å². The number of aryl methyl sites for hydroxylation is 1. The summed E-state index contributed by atoms with van der Waals surface area (Å²) < 4.78 is 1.19. The van der Waals surface area contributed by atoms with Crippen LogP contribution in [0.4, 0.5) is 0 Å². The van der Waals surface area contributed by atoms with E-state index >= 15 is 0 Å². The van der Waals surface area contributed by atoms with Crippen molar-refractivity contribution < 1.29 is 0 Å². The second-order valence-corrected chi connectivity index (χ2v) is 5.88. The summed E-state index contributed by atoms with van der Waals surface area (Å²) in [6.45, 7) is 4.33. The molecule has 1 aliphatic rings. The quantitative estimate of drug-likeness (QED) is 0.663. The number of fused-ring (bicyclic) bond motifs is 1. The van der Waals surface area contributed by atoms with Crippen LogP contribution in [0.1, 0.15) is 23.6 Å². The van der Waals surface area contributed by atoms with Gasteiger partial charge in [-0.3, -0.25) is 0 Å². The van der Waals surface area contributed by atoms with Crippen LogP contribution in [0.2, 0.25) is 0 Å². The van der Waals surface area contributed by atoms with E-state index in [4.69, 9.17) is 0 Å². The molecule has 1 aliphatic carbocycles. The zero-order valence-corrected chi connectivity index (χ0v) is 12.2. The third-order valence-electron chi connectivity index (χ3n) is 3.50. The summed E-state index contributed by atoms with van der Waals surface area (Å²) in [7, 11) is 0. The molecule has 0 aliphatic heterocycles. The van der Waals surface area contributed by atoms with Crippen molar-refractivity contribution in [2.75, 3.05) is 0 Å². The van der Waals surface area contributed by atoms with E-state index < -0.39 is 0 Å². The molecule has 0 aromatic heterocycles. The van der Waals surface area contributed by atoms with Gasteiger partial charge >= 0.3 is 0 Å². The first-order valence-electron chi connectivity index (χ1n) is 6.21. The summed E-state index contributed by atoms with van der Waals surface area (Å²) in [4.78, 5) is 0. The van der Waals surface area contributed by atoms with Crippen LogP contribution in [0.15, 0.2) is 46.4 Å². The van der Waals surface area contributed by atoms with E-state index in [9.17, 15) is 0 Å². The van der Waals surface area contributed by atoms with Crippen molar-refractivity contribution in [3.05, 3.63) is 63.1 Å². The lowest BCUT2D eigenvalue weighted by Crippen LogP contribution is -1.91. The molecule has 0 N–H and O–H groups in total. The van der Waals surface area contributed by atoms with Crippen LogP contribution in [-0.2, 0) is 6.42 Å². The van der Waals surface area contributed by atoms with E-state index in [-0.39, 0.29) is 0 Å². The lowest BCUT2D eigenvalue weighted by Gasteiger charge is -2.12. The van der Waals surface area contributed by atoms with Crippen molar-refractivity contribution in [3.8, 4) is 11.1 Å². The Kier molecular flexibility index (Phi) is 2.87. The molecule has 3 rings (SSSR count). The molecule has 0 saturated heterocycles. The molecule has 0 nitrogen and oxygen atoms in total. The highest BCUT2D eigenvalue weighted by molar-refractivity contribution is 9.10. The van der Waals surface area contributed by atoms with Gasteiger partial charge in [-0.1, -0.05) is 63.5 Å². The molecule has 2 aromatic rings. The predicted octanol–water partition coefficient (Wildman–Crippen LogP) is 5.38. The van der Waals surface area contributed by atoms with Crippen LogP contribution < -0.4 is 0 Å². The highest BCUT2D eigenvalue weighted by atomic mass is 79.9. The third kappa shape index (κ3) is 1.93. The summed E-state index contributed by atoms with van der Waals surface area (Å²) in [5.41, 5.74) is 8.21. The van der Waals surface area contributed by atoms with Crippen LogP contribution >= 0.6 is 15.9 Å². The van der Waals surface area contributed by atoms with Crippen molar-refractivity contribution in [2.45, 2.75) is 20.3 Å². The molecule has 0 fully saturated rings. The number of allylic oxidation sites excluding steroid dienone is 1. The van der Waals surface area contributed by atoms with Gasteiger partial charge in [0.05, 0.1) is 0 Å². The Balaban J connectivity index is 2.19. The number of hydrogen-bond donors (Lipinski definition) is 0. The normalized spacial score (nSPS) is 13.4. The van der Waals surface area contributed by atoms with Crippen LogP contribution in [0, 0.1) is 6.92 Å². The molecule has 0 heterocycles. The van der Waals surface area contributed by atoms with E-state index in [0.29, 0.717) is 0 Å². The fourth-order valence-corrected chi connectivity index (χ4v) is 3.19. The summed E-state index contributed by atoms with van der Waals surface area (Å²) >= 11 is 3.70. The first-order valence-corrected chi connectivity index (χ1v) is 7.00. The molecule has 0 unspecified atom stereocenters. The topological polar surface area (TPSA) is 0 Å². The van der Waals surface area contributed by atoms with E-state index in [1.165, 1.54) is 37.9 Å². The van der Waals surface area contributed by atoms with Gasteiger partial charge in [-0.25, -0.2) is 0 Å². The van der Waals surface area contributed by atoms with Gasteiger partial charge in [0.1, 0.15) is 0 Å². The van der Waals surface area contributed by atoms with Crippen molar-refractivity contribution >= 4 is 22.0 Å². The minimum absolute atomic E-state index is 1.07. The molecule has 0 atom stereocenters. The average molecular weight is 299 g/mol. The summed E-state index contributed by atoms with van der Waals surface area (Å²) in [6.07, 6.45) is 3.36. The van der Waals surface area contributed by atoms with E-state index in [2.05, 4.69) is 72.3 Å². The van der Waals surface area contributed by atoms with E-state index in [1.54, 1.807) is 0 Å². The molecule has 1 heteroatoms. The van der Waals surface area contributed by atoms with Gasteiger partial charge in [-0.15, -0.1) is 0 Å². The lowest BCUT2D eigenvalue weighted by atomic mass is 9.95. The summed E-state index contributed by atoms with van der Waals surface area (Å²) in [6, 6.07) is 13.1. The lowest BCUT2D eigenvalue weighted by molar-refractivity contribution is 1.19. The number of hydrogen-bond acceptors (Lipinski definition) is 0. The SMILES string of the molecule is CC1=Cc2ccc(Br)c(-c3ccc(C)cc3)c2C1. The Hall–Kier alpha value is -1.34. The number of benzene rings is 2. The molecule has 0 saturated carbocycles. The molecule has 0 amide bonds. The van der Waals surface area contributed by atoms with Gasteiger partial charge in [0.15, 0.2) is 0 Å². The molecule has 90 valence electrons. The summed E-state index contributed by atoms with van der Waals surface area (Å²) in [5.74, 6) is 0. The molecular weight excluding hydrogens is 284 g/mol. The van der Waals surface area contributed by atoms with E-state index in [1.807, 2.05) is 0 Å². The Morgan fingerprint density at radius 1 is 0.944 bits per heavy atom. The van der Waals surface area contributed by atoms with Gasteiger partial charge in [-0.2, -0.15) is 0 Å². The largest absolute Gasteiger partial charge is 0.0683 e. The van der Waals surface area contributed by atoms with Gasteiger partial charge in [0.25, 0.3) is 0 Å². The maximum absolute atomic E-state index is 3.70. The highest BCUT2D eigenvalue weighted by Gasteiger charge is 2.17. The number of rotatable bonds is 1. The monoisotopic (exact) mass is 298 g/mol. The molecular formula is C17H15Br. The Bertz CT molecular complexity index is 633. The summed E-state index contributed by atoms with van der Waals surface area (Å²) in [5, 5.41) is 0.